The van der Waals surface area contributed by atoms with Crippen molar-refractivity contribution in [1.29, 1.82) is 0 Å². The molecule has 20 heavy (non-hydrogen) atoms. The Morgan fingerprint density at radius 2 is 2.15 bits per heavy atom. The number of halogens is 1. The highest BCUT2D eigenvalue weighted by Crippen LogP contribution is 2.29. The van der Waals surface area contributed by atoms with Crippen LogP contribution in [0.15, 0.2) is 12.1 Å². The maximum absolute atomic E-state index is 6.32. The van der Waals surface area contributed by atoms with Crippen LogP contribution in [0.3, 0.4) is 0 Å². The van der Waals surface area contributed by atoms with E-state index in [1.54, 1.807) is 4.68 Å². The maximum Gasteiger partial charge on any atom is 0.132 e. The first-order chi connectivity index (χ1) is 9.63. The molecule has 0 aliphatic rings. The summed E-state index contributed by atoms with van der Waals surface area (Å²) < 4.78 is 10.3. The molecule has 1 aromatic carbocycles. The first kappa shape index (κ1) is 13.4. The van der Waals surface area contributed by atoms with Gasteiger partial charge in [-0.2, -0.15) is 8.75 Å². The fourth-order valence-electron chi connectivity index (χ4n) is 2.10. The van der Waals surface area contributed by atoms with Gasteiger partial charge in [0.05, 0.1) is 28.5 Å². The van der Waals surface area contributed by atoms with E-state index in [2.05, 4.69) is 24.4 Å². The predicted molar refractivity (Wildman–Crippen MR) is 79.6 cm³/mol. The molecule has 1 unspecified atom stereocenters. The molecule has 104 valence electrons. The van der Waals surface area contributed by atoms with E-state index in [0.717, 1.165) is 39.8 Å². The number of hydrogen-bond acceptors (Lipinski definition) is 6. The van der Waals surface area contributed by atoms with Crippen molar-refractivity contribution in [2.45, 2.75) is 19.9 Å². The largest absolute Gasteiger partial charge is 0.312 e. The van der Waals surface area contributed by atoms with E-state index in [1.807, 2.05) is 33.0 Å². The third-order valence-corrected chi connectivity index (χ3v) is 4.18. The van der Waals surface area contributed by atoms with Crippen LogP contribution in [-0.2, 0) is 0 Å². The number of fused-ring (bicyclic) bond motifs is 1. The lowest BCUT2D eigenvalue weighted by Crippen LogP contribution is -2.14. The number of nitrogens with one attached hydrogen (secondary N) is 1. The lowest BCUT2D eigenvalue weighted by molar-refractivity contribution is 0.627. The zero-order chi connectivity index (χ0) is 14.3. The van der Waals surface area contributed by atoms with E-state index in [1.165, 1.54) is 0 Å². The topological polar surface area (TPSA) is 68.5 Å². The van der Waals surface area contributed by atoms with Crippen LogP contribution in [0.1, 0.15) is 24.4 Å². The smallest absolute Gasteiger partial charge is 0.132 e. The summed E-state index contributed by atoms with van der Waals surface area (Å²) in [5.74, 6) is 0. The van der Waals surface area contributed by atoms with E-state index in [9.17, 15) is 0 Å². The highest BCUT2D eigenvalue weighted by atomic mass is 35.5. The SMILES string of the molecule is CNC(C)c1nnn(-c2c(Cl)ccc3nsnc23)c1C. The molecule has 0 saturated carbocycles. The van der Waals surface area contributed by atoms with Gasteiger partial charge in [-0.15, -0.1) is 5.10 Å². The Kier molecular flexibility index (Phi) is 3.41. The number of aromatic nitrogens is 5. The molecule has 0 saturated heterocycles. The van der Waals surface area contributed by atoms with Crippen LogP contribution in [-0.4, -0.2) is 30.8 Å². The van der Waals surface area contributed by atoms with Crippen molar-refractivity contribution in [2.24, 2.45) is 0 Å². The van der Waals surface area contributed by atoms with Gasteiger partial charge in [-0.25, -0.2) is 4.68 Å². The second kappa shape index (κ2) is 5.08. The number of benzene rings is 1. The Bertz CT molecular complexity index is 764. The fourth-order valence-corrected chi connectivity index (χ4v) is 2.87. The predicted octanol–water partition coefficient (Wildman–Crippen LogP) is 2.51. The molecule has 6 nitrogen and oxygen atoms in total. The van der Waals surface area contributed by atoms with Gasteiger partial charge in [0.2, 0.25) is 0 Å². The van der Waals surface area contributed by atoms with Gasteiger partial charge >= 0.3 is 0 Å². The summed E-state index contributed by atoms with van der Waals surface area (Å²) in [4.78, 5) is 0. The lowest BCUT2D eigenvalue weighted by Gasteiger charge is -2.09. The Hall–Kier alpha value is -1.57. The summed E-state index contributed by atoms with van der Waals surface area (Å²) in [7, 11) is 1.89. The standard InChI is InChI=1S/C12H13ClN6S/c1-6(14-3)10-7(2)19(18-15-10)12-8(13)4-5-9-11(12)17-20-16-9/h4-6,14H,1-3H3. The van der Waals surface area contributed by atoms with Crippen molar-refractivity contribution in [2.75, 3.05) is 7.05 Å². The summed E-state index contributed by atoms with van der Waals surface area (Å²) in [5.41, 5.74) is 4.13. The molecule has 0 bridgehead atoms. The molecule has 2 aromatic heterocycles. The molecule has 2 heterocycles. The second-order valence-electron chi connectivity index (χ2n) is 4.51. The van der Waals surface area contributed by atoms with Crippen LogP contribution < -0.4 is 5.32 Å². The second-order valence-corrected chi connectivity index (χ2v) is 5.45. The van der Waals surface area contributed by atoms with E-state index < -0.39 is 0 Å². The van der Waals surface area contributed by atoms with Gasteiger partial charge in [0.15, 0.2) is 0 Å². The molecule has 8 heteroatoms. The number of nitrogens with zero attached hydrogens (tertiary/aromatic N) is 5. The average molecular weight is 309 g/mol. The monoisotopic (exact) mass is 308 g/mol. The third-order valence-electron chi connectivity index (χ3n) is 3.34. The Morgan fingerprint density at radius 3 is 2.90 bits per heavy atom. The minimum absolute atomic E-state index is 0.121. The van der Waals surface area contributed by atoms with Crippen molar-refractivity contribution in [3.8, 4) is 5.69 Å². The average Bonchev–Trinajstić information content (AvgIpc) is 3.05. The summed E-state index contributed by atoms with van der Waals surface area (Å²) in [6.45, 7) is 4.01. The fraction of sp³-hybridized carbons (Fsp3) is 0.333. The Balaban J connectivity index is 2.24. The van der Waals surface area contributed by atoms with Gasteiger partial charge in [-0.3, -0.25) is 0 Å². The highest BCUT2D eigenvalue weighted by molar-refractivity contribution is 7.00. The van der Waals surface area contributed by atoms with Gasteiger partial charge in [0.25, 0.3) is 0 Å². The van der Waals surface area contributed by atoms with Crippen LogP contribution in [0.5, 0.6) is 0 Å². The molecular weight excluding hydrogens is 296 g/mol. The van der Waals surface area contributed by atoms with Crippen molar-refractivity contribution in [1.82, 2.24) is 29.1 Å². The summed E-state index contributed by atoms with van der Waals surface area (Å²) in [6, 6.07) is 3.78. The minimum Gasteiger partial charge on any atom is -0.312 e. The van der Waals surface area contributed by atoms with Crippen molar-refractivity contribution >= 4 is 34.4 Å². The zero-order valence-corrected chi connectivity index (χ0v) is 12.8. The molecule has 0 fully saturated rings. The quantitative estimate of drug-likeness (QED) is 0.805. The molecule has 0 amide bonds. The molecule has 0 radical (unpaired) electrons. The van der Waals surface area contributed by atoms with E-state index in [-0.39, 0.29) is 6.04 Å². The molecule has 1 N–H and O–H groups in total. The van der Waals surface area contributed by atoms with Crippen molar-refractivity contribution in [3.05, 3.63) is 28.5 Å². The van der Waals surface area contributed by atoms with Gasteiger partial charge in [0.1, 0.15) is 22.4 Å². The van der Waals surface area contributed by atoms with Crippen LogP contribution >= 0.6 is 23.3 Å². The van der Waals surface area contributed by atoms with Gasteiger partial charge < -0.3 is 5.32 Å². The first-order valence-electron chi connectivity index (χ1n) is 6.14. The van der Waals surface area contributed by atoms with E-state index in [0.29, 0.717) is 5.02 Å². The van der Waals surface area contributed by atoms with E-state index in [4.69, 9.17) is 11.6 Å². The van der Waals surface area contributed by atoms with Gasteiger partial charge in [-0.1, -0.05) is 16.8 Å². The minimum atomic E-state index is 0.121. The van der Waals surface area contributed by atoms with Gasteiger partial charge in [-0.05, 0) is 33.0 Å². The van der Waals surface area contributed by atoms with E-state index >= 15 is 0 Å². The van der Waals surface area contributed by atoms with Gasteiger partial charge in [0, 0.05) is 0 Å². The molecule has 0 spiro atoms. The molecule has 1 atom stereocenters. The van der Waals surface area contributed by atoms with Crippen molar-refractivity contribution in [3.63, 3.8) is 0 Å². The first-order valence-corrected chi connectivity index (χ1v) is 7.25. The summed E-state index contributed by atoms with van der Waals surface area (Å²) >= 11 is 7.48. The number of rotatable bonds is 3. The highest BCUT2D eigenvalue weighted by Gasteiger charge is 2.19. The molecule has 3 rings (SSSR count). The third kappa shape index (κ3) is 1.98. The number of hydrogen-bond donors (Lipinski definition) is 1. The van der Waals surface area contributed by atoms with Crippen molar-refractivity contribution < 1.29 is 0 Å². The maximum atomic E-state index is 6.32. The molecular formula is C12H13ClN6S. The molecule has 3 aromatic rings. The van der Waals surface area contributed by atoms with Crippen LogP contribution in [0, 0.1) is 6.92 Å². The van der Waals surface area contributed by atoms with Crippen LogP contribution in [0.4, 0.5) is 0 Å². The van der Waals surface area contributed by atoms with Crippen LogP contribution in [0.25, 0.3) is 16.7 Å². The molecule has 0 aliphatic carbocycles. The summed E-state index contributed by atoms with van der Waals surface area (Å²) in [6.07, 6.45) is 0. The Morgan fingerprint density at radius 1 is 1.35 bits per heavy atom. The zero-order valence-electron chi connectivity index (χ0n) is 11.3. The summed E-state index contributed by atoms with van der Waals surface area (Å²) in [5, 5.41) is 12.2. The normalized spacial score (nSPS) is 13.0. The lowest BCUT2D eigenvalue weighted by atomic mass is 10.2. The van der Waals surface area contributed by atoms with Crippen LogP contribution in [0.2, 0.25) is 5.02 Å². The molecule has 0 aliphatic heterocycles. The Labute approximate surface area is 125 Å².